The van der Waals surface area contributed by atoms with Crippen molar-refractivity contribution in [2.24, 2.45) is 5.84 Å². The Bertz CT molecular complexity index is 533. The van der Waals surface area contributed by atoms with E-state index in [2.05, 4.69) is 31.3 Å². The summed E-state index contributed by atoms with van der Waals surface area (Å²) in [6.45, 7) is 1.97. The smallest absolute Gasteiger partial charge is 0.238 e. The third-order valence-electron chi connectivity index (χ3n) is 2.10. The average Bonchev–Trinajstić information content (AvgIpc) is 2.35. The van der Waals surface area contributed by atoms with Crippen LogP contribution in [0.15, 0.2) is 44.9 Å². The zero-order valence-electron chi connectivity index (χ0n) is 9.14. The van der Waals surface area contributed by atoms with E-state index in [4.69, 9.17) is 5.84 Å². The maximum absolute atomic E-state index is 5.30. The molecule has 0 aliphatic carbocycles. The number of rotatable bonds is 3. The second kappa shape index (κ2) is 5.48. The fourth-order valence-electron chi connectivity index (χ4n) is 1.23. The van der Waals surface area contributed by atoms with Gasteiger partial charge in [0.25, 0.3) is 0 Å². The lowest BCUT2D eigenvalue weighted by Crippen LogP contribution is -2.10. The summed E-state index contributed by atoms with van der Waals surface area (Å²) in [5, 5.41) is 0.889. The molecule has 0 radical (unpaired) electrons. The van der Waals surface area contributed by atoms with E-state index in [0.717, 1.165) is 20.0 Å². The van der Waals surface area contributed by atoms with Crippen molar-refractivity contribution in [2.75, 3.05) is 5.43 Å². The Morgan fingerprint density at radius 1 is 1.35 bits per heavy atom. The van der Waals surface area contributed by atoms with Gasteiger partial charge in [-0.1, -0.05) is 23.9 Å². The lowest BCUT2D eigenvalue weighted by atomic mass is 10.4. The quantitative estimate of drug-likeness (QED) is 0.518. The lowest BCUT2D eigenvalue weighted by Gasteiger charge is -2.07. The molecule has 0 aliphatic rings. The molecule has 0 saturated heterocycles. The van der Waals surface area contributed by atoms with Crippen LogP contribution in [0.1, 0.15) is 5.56 Å². The number of benzene rings is 1. The standard InChI is InChI=1S/C11H11BrN4S/c1-7-6-14-11(16-13)15-10(7)17-9-5-3-2-4-8(9)12/h2-6H,13H2,1H3,(H,14,15,16). The van der Waals surface area contributed by atoms with Crippen molar-refractivity contribution >= 4 is 33.6 Å². The molecule has 6 heteroatoms. The second-order valence-corrected chi connectivity index (χ2v) is 5.24. The molecule has 1 aromatic carbocycles. The molecule has 2 aromatic rings. The number of hydrazine groups is 1. The lowest BCUT2D eigenvalue weighted by molar-refractivity contribution is 0.992. The van der Waals surface area contributed by atoms with Crippen LogP contribution in [-0.4, -0.2) is 9.97 Å². The van der Waals surface area contributed by atoms with Gasteiger partial charge in [0.2, 0.25) is 5.95 Å². The summed E-state index contributed by atoms with van der Waals surface area (Å²) in [5.41, 5.74) is 3.47. The number of aromatic nitrogens is 2. The largest absolute Gasteiger partial charge is 0.292 e. The number of anilines is 1. The third-order valence-corrected chi connectivity index (χ3v) is 4.23. The highest BCUT2D eigenvalue weighted by Crippen LogP contribution is 2.33. The van der Waals surface area contributed by atoms with Crippen LogP contribution in [0, 0.1) is 6.92 Å². The average molecular weight is 311 g/mol. The molecule has 3 N–H and O–H groups in total. The maximum atomic E-state index is 5.30. The van der Waals surface area contributed by atoms with Crippen LogP contribution in [-0.2, 0) is 0 Å². The number of nitrogens with two attached hydrogens (primary N) is 1. The Labute approximate surface area is 112 Å². The van der Waals surface area contributed by atoms with E-state index in [1.807, 2.05) is 31.2 Å². The van der Waals surface area contributed by atoms with E-state index in [9.17, 15) is 0 Å². The van der Waals surface area contributed by atoms with Crippen molar-refractivity contribution in [3.8, 4) is 0 Å². The summed E-state index contributed by atoms with van der Waals surface area (Å²) in [6.07, 6.45) is 1.75. The highest BCUT2D eigenvalue weighted by Gasteiger charge is 2.07. The summed E-state index contributed by atoms with van der Waals surface area (Å²) in [7, 11) is 0. The van der Waals surface area contributed by atoms with Gasteiger partial charge in [0.1, 0.15) is 5.03 Å². The van der Waals surface area contributed by atoms with E-state index < -0.39 is 0 Å². The van der Waals surface area contributed by atoms with Crippen LogP contribution in [0.3, 0.4) is 0 Å². The fraction of sp³-hybridized carbons (Fsp3) is 0.0909. The zero-order valence-corrected chi connectivity index (χ0v) is 11.5. The zero-order chi connectivity index (χ0) is 12.3. The minimum atomic E-state index is 0.421. The summed E-state index contributed by atoms with van der Waals surface area (Å²) in [5.74, 6) is 5.72. The Kier molecular flexibility index (Phi) is 3.98. The number of nitrogen functional groups attached to an aromatic ring is 1. The van der Waals surface area contributed by atoms with Gasteiger partial charge in [-0.05, 0) is 35.0 Å². The van der Waals surface area contributed by atoms with Crippen LogP contribution in [0.2, 0.25) is 0 Å². The normalized spacial score (nSPS) is 10.3. The van der Waals surface area contributed by atoms with Crippen molar-refractivity contribution in [3.63, 3.8) is 0 Å². The van der Waals surface area contributed by atoms with Crippen LogP contribution < -0.4 is 11.3 Å². The Balaban J connectivity index is 2.32. The molecular formula is C11H11BrN4S. The van der Waals surface area contributed by atoms with E-state index >= 15 is 0 Å². The number of hydrogen-bond donors (Lipinski definition) is 2. The van der Waals surface area contributed by atoms with E-state index in [-0.39, 0.29) is 0 Å². The summed E-state index contributed by atoms with van der Waals surface area (Å²) in [4.78, 5) is 9.48. The van der Waals surface area contributed by atoms with Crippen LogP contribution in [0.5, 0.6) is 0 Å². The molecular weight excluding hydrogens is 300 g/mol. The molecule has 0 spiro atoms. The molecule has 0 saturated carbocycles. The molecule has 1 heterocycles. The summed E-state index contributed by atoms with van der Waals surface area (Å²) >= 11 is 5.09. The molecule has 0 atom stereocenters. The van der Waals surface area contributed by atoms with Crippen LogP contribution in [0.25, 0.3) is 0 Å². The van der Waals surface area contributed by atoms with Gasteiger partial charge in [-0.3, -0.25) is 5.43 Å². The van der Waals surface area contributed by atoms with Gasteiger partial charge in [0.05, 0.1) is 0 Å². The fourth-order valence-corrected chi connectivity index (χ4v) is 2.62. The molecule has 88 valence electrons. The number of aryl methyl sites for hydroxylation is 1. The van der Waals surface area contributed by atoms with Crippen LogP contribution in [0.4, 0.5) is 5.95 Å². The monoisotopic (exact) mass is 310 g/mol. The highest BCUT2D eigenvalue weighted by atomic mass is 79.9. The number of halogens is 1. The first-order valence-corrected chi connectivity index (χ1v) is 6.54. The van der Waals surface area contributed by atoms with Gasteiger partial charge in [-0.15, -0.1) is 0 Å². The molecule has 0 unspecified atom stereocenters. The molecule has 4 nitrogen and oxygen atoms in total. The number of hydrogen-bond acceptors (Lipinski definition) is 5. The summed E-state index contributed by atoms with van der Waals surface area (Å²) < 4.78 is 1.05. The van der Waals surface area contributed by atoms with Gasteiger partial charge in [-0.2, -0.15) is 0 Å². The first-order chi connectivity index (χ1) is 8.20. The van der Waals surface area contributed by atoms with Gasteiger partial charge >= 0.3 is 0 Å². The first-order valence-electron chi connectivity index (χ1n) is 4.93. The Hall–Kier alpha value is -1.11. The predicted octanol–water partition coefficient (Wildman–Crippen LogP) is 2.98. The highest BCUT2D eigenvalue weighted by molar-refractivity contribution is 9.10. The second-order valence-electron chi connectivity index (χ2n) is 3.36. The van der Waals surface area contributed by atoms with Crippen molar-refractivity contribution in [2.45, 2.75) is 16.8 Å². The van der Waals surface area contributed by atoms with Gasteiger partial charge in [0.15, 0.2) is 0 Å². The van der Waals surface area contributed by atoms with Crippen LogP contribution >= 0.6 is 27.7 Å². The summed E-state index contributed by atoms with van der Waals surface area (Å²) in [6, 6.07) is 8.01. The van der Waals surface area contributed by atoms with Gasteiger partial charge < -0.3 is 0 Å². The SMILES string of the molecule is Cc1cnc(NN)nc1Sc1ccccc1Br. The minimum absolute atomic E-state index is 0.421. The minimum Gasteiger partial charge on any atom is -0.292 e. The molecule has 0 amide bonds. The van der Waals surface area contributed by atoms with E-state index in [1.165, 1.54) is 0 Å². The van der Waals surface area contributed by atoms with Crippen molar-refractivity contribution < 1.29 is 0 Å². The molecule has 0 aliphatic heterocycles. The topological polar surface area (TPSA) is 63.8 Å². The Morgan fingerprint density at radius 2 is 2.12 bits per heavy atom. The molecule has 0 bridgehead atoms. The molecule has 2 rings (SSSR count). The van der Waals surface area contributed by atoms with Crippen molar-refractivity contribution in [1.82, 2.24) is 9.97 Å². The van der Waals surface area contributed by atoms with Crippen molar-refractivity contribution in [3.05, 3.63) is 40.5 Å². The number of nitrogens with one attached hydrogen (secondary N) is 1. The third kappa shape index (κ3) is 2.96. The van der Waals surface area contributed by atoms with Gasteiger partial charge in [-0.25, -0.2) is 15.8 Å². The predicted molar refractivity (Wildman–Crippen MR) is 72.8 cm³/mol. The molecule has 17 heavy (non-hydrogen) atoms. The maximum Gasteiger partial charge on any atom is 0.238 e. The Morgan fingerprint density at radius 3 is 2.82 bits per heavy atom. The molecule has 0 fully saturated rings. The van der Waals surface area contributed by atoms with Gasteiger partial charge in [0, 0.05) is 21.1 Å². The molecule has 1 aromatic heterocycles. The van der Waals surface area contributed by atoms with Crippen molar-refractivity contribution in [1.29, 1.82) is 0 Å². The first kappa shape index (κ1) is 12.3. The van der Waals surface area contributed by atoms with E-state index in [0.29, 0.717) is 5.95 Å². The number of nitrogens with zero attached hydrogens (tertiary/aromatic N) is 2. The van der Waals surface area contributed by atoms with E-state index in [1.54, 1.807) is 18.0 Å².